The largest absolute Gasteiger partial charge is 0.416 e. The summed E-state index contributed by atoms with van der Waals surface area (Å²) in [7, 11) is 1.70. The van der Waals surface area contributed by atoms with Crippen LogP contribution in [0.25, 0.3) is 11.1 Å². The number of carbonyl (C=O) groups is 1. The highest BCUT2D eigenvalue weighted by molar-refractivity contribution is 6.14. The van der Waals surface area contributed by atoms with Crippen molar-refractivity contribution in [2.45, 2.75) is 13.1 Å². The Morgan fingerprint density at radius 1 is 0.972 bits per heavy atom. The van der Waals surface area contributed by atoms with Gasteiger partial charge in [-0.3, -0.25) is 9.80 Å². The van der Waals surface area contributed by atoms with Crippen LogP contribution in [-0.2, 0) is 6.18 Å². The Labute approximate surface area is 202 Å². The van der Waals surface area contributed by atoms with Crippen LogP contribution in [0.3, 0.4) is 0 Å². The van der Waals surface area contributed by atoms with Crippen molar-refractivity contribution >= 4 is 28.9 Å². The molecule has 0 saturated heterocycles. The van der Waals surface area contributed by atoms with E-state index >= 15 is 8.78 Å². The summed E-state index contributed by atoms with van der Waals surface area (Å²) >= 11 is 0. The van der Waals surface area contributed by atoms with E-state index in [0.29, 0.717) is 24.1 Å². The van der Waals surface area contributed by atoms with Gasteiger partial charge in [-0.1, -0.05) is 6.07 Å². The van der Waals surface area contributed by atoms with Crippen LogP contribution in [-0.4, -0.2) is 37.7 Å². The van der Waals surface area contributed by atoms with Gasteiger partial charge in [-0.2, -0.15) is 13.2 Å². The summed E-state index contributed by atoms with van der Waals surface area (Å²) in [6.07, 6.45) is -3.97. The molecule has 0 saturated carbocycles. The highest BCUT2D eigenvalue weighted by atomic mass is 19.4. The zero-order valence-corrected chi connectivity index (χ0v) is 19.2. The van der Waals surface area contributed by atoms with Crippen molar-refractivity contribution in [1.82, 2.24) is 10.3 Å². The highest BCUT2D eigenvalue weighted by Crippen LogP contribution is 2.46. The number of hydrogen-bond acceptors (Lipinski definition) is 4. The Balaban J connectivity index is 1.98. The quantitative estimate of drug-likeness (QED) is 0.320. The van der Waals surface area contributed by atoms with Crippen LogP contribution in [0.2, 0.25) is 0 Å². The first-order valence-corrected chi connectivity index (χ1v) is 10.9. The standard InChI is InChI=1S/C24H21F6N5O/c1-3-34-22-17(9-14(25)12-33-22)16-5-4-13(24(28,29)30)8-20(16)35(23(34)36)21-18(26)10-15(11-19(21)27)32-7-6-31-2/h4-5,8-12,31-32H,3,6-7H2,1-2H3. The number of nitrogens with one attached hydrogen (secondary N) is 2. The number of urea groups is 1. The van der Waals surface area contributed by atoms with Crippen LogP contribution >= 0.6 is 0 Å². The fourth-order valence-corrected chi connectivity index (χ4v) is 3.99. The summed E-state index contributed by atoms with van der Waals surface area (Å²) in [6.45, 7) is 2.32. The maximum atomic E-state index is 15.4. The van der Waals surface area contributed by atoms with Crippen molar-refractivity contribution in [3.63, 3.8) is 0 Å². The van der Waals surface area contributed by atoms with Crippen molar-refractivity contribution in [3.05, 3.63) is 65.6 Å². The lowest BCUT2D eigenvalue weighted by molar-refractivity contribution is -0.137. The van der Waals surface area contributed by atoms with Crippen molar-refractivity contribution in [1.29, 1.82) is 0 Å². The molecule has 0 radical (unpaired) electrons. The van der Waals surface area contributed by atoms with Gasteiger partial charge in [-0.05, 0) is 44.3 Å². The number of carbonyl (C=O) groups excluding carboxylic acids is 1. The summed E-state index contributed by atoms with van der Waals surface area (Å²) in [4.78, 5) is 19.1. The Morgan fingerprint density at radius 3 is 2.28 bits per heavy atom. The van der Waals surface area contributed by atoms with Crippen LogP contribution in [0, 0.1) is 17.5 Å². The lowest BCUT2D eigenvalue weighted by Gasteiger charge is -2.29. The van der Waals surface area contributed by atoms with Crippen molar-refractivity contribution < 1.29 is 31.1 Å². The molecule has 0 bridgehead atoms. The number of benzene rings is 2. The number of hydrogen-bond donors (Lipinski definition) is 2. The van der Waals surface area contributed by atoms with Gasteiger partial charge in [-0.15, -0.1) is 0 Å². The van der Waals surface area contributed by atoms with Crippen molar-refractivity contribution in [2.75, 3.05) is 41.8 Å². The van der Waals surface area contributed by atoms with Gasteiger partial charge in [-0.25, -0.2) is 22.9 Å². The smallest absolute Gasteiger partial charge is 0.384 e. The van der Waals surface area contributed by atoms with Crippen LogP contribution in [0.4, 0.5) is 54.0 Å². The van der Waals surface area contributed by atoms with Gasteiger partial charge in [0.15, 0.2) is 11.6 Å². The molecule has 4 rings (SSSR count). The summed E-state index contributed by atoms with van der Waals surface area (Å²) < 4.78 is 85.7. The normalized spacial score (nSPS) is 13.4. The molecule has 2 aromatic carbocycles. The number of likely N-dealkylation sites (N-methyl/N-ethyl adjacent to an activating group) is 1. The predicted octanol–water partition coefficient (Wildman–Crippen LogP) is 5.91. The number of fused-ring (bicyclic) bond motifs is 3. The van der Waals surface area contributed by atoms with E-state index in [-0.39, 0.29) is 29.2 Å². The number of anilines is 4. The monoisotopic (exact) mass is 509 g/mol. The van der Waals surface area contributed by atoms with Gasteiger partial charge >= 0.3 is 12.2 Å². The SMILES string of the molecule is CCN1C(=O)N(c2c(F)cc(NCCNC)cc2F)c2cc(C(F)(F)F)ccc2-c2cc(F)cnc21. The third kappa shape index (κ3) is 4.55. The molecule has 2 amide bonds. The molecule has 2 N–H and O–H groups in total. The Bertz CT molecular complexity index is 1290. The Hall–Kier alpha value is -3.80. The molecule has 0 atom stereocenters. The van der Waals surface area contributed by atoms with E-state index < -0.39 is 46.6 Å². The number of nitrogens with zero attached hydrogens (tertiary/aromatic N) is 3. The molecular formula is C24H21F6N5O. The van der Waals surface area contributed by atoms with Gasteiger partial charge in [0, 0.05) is 36.4 Å². The third-order valence-corrected chi connectivity index (χ3v) is 5.63. The Kier molecular flexibility index (Phi) is 6.81. The minimum Gasteiger partial charge on any atom is -0.384 e. The van der Waals surface area contributed by atoms with E-state index in [1.165, 1.54) is 0 Å². The summed E-state index contributed by atoms with van der Waals surface area (Å²) in [5.41, 5.74) is -2.46. The van der Waals surface area contributed by atoms with E-state index in [0.717, 1.165) is 41.4 Å². The molecule has 1 aliphatic rings. The van der Waals surface area contributed by atoms with Crippen molar-refractivity contribution in [3.8, 4) is 11.1 Å². The number of rotatable bonds is 6. The zero-order chi connectivity index (χ0) is 26.2. The molecule has 0 spiro atoms. The van der Waals surface area contributed by atoms with E-state index in [1.54, 1.807) is 14.0 Å². The molecule has 0 unspecified atom stereocenters. The lowest BCUT2D eigenvalue weighted by atomic mass is 10.0. The minimum atomic E-state index is -4.82. The van der Waals surface area contributed by atoms with E-state index in [9.17, 15) is 22.4 Å². The third-order valence-electron chi connectivity index (χ3n) is 5.63. The molecule has 3 aromatic rings. The second-order valence-electron chi connectivity index (χ2n) is 7.94. The first-order chi connectivity index (χ1) is 17.1. The molecule has 1 aliphatic heterocycles. The fourth-order valence-electron chi connectivity index (χ4n) is 3.99. The van der Waals surface area contributed by atoms with E-state index in [1.807, 2.05) is 0 Å². The summed E-state index contributed by atoms with van der Waals surface area (Å²) in [5, 5.41) is 5.68. The van der Waals surface area contributed by atoms with E-state index in [4.69, 9.17) is 0 Å². The number of alkyl halides is 3. The second-order valence-corrected chi connectivity index (χ2v) is 7.94. The second kappa shape index (κ2) is 9.69. The van der Waals surface area contributed by atoms with Crippen LogP contribution in [0.1, 0.15) is 12.5 Å². The van der Waals surface area contributed by atoms with Crippen LogP contribution in [0.5, 0.6) is 0 Å². The fraction of sp³-hybridized carbons (Fsp3) is 0.250. The molecule has 6 nitrogen and oxygen atoms in total. The topological polar surface area (TPSA) is 60.5 Å². The van der Waals surface area contributed by atoms with Gasteiger partial charge in [0.25, 0.3) is 0 Å². The van der Waals surface area contributed by atoms with Gasteiger partial charge in [0.05, 0.1) is 17.4 Å². The molecule has 2 heterocycles. The molecule has 0 aliphatic carbocycles. The molecular weight excluding hydrogens is 488 g/mol. The average Bonchev–Trinajstić information content (AvgIpc) is 2.90. The predicted molar refractivity (Wildman–Crippen MR) is 124 cm³/mol. The number of halogens is 6. The number of amides is 2. The number of aromatic nitrogens is 1. The number of pyridine rings is 1. The van der Waals surface area contributed by atoms with Crippen molar-refractivity contribution in [2.24, 2.45) is 0 Å². The lowest BCUT2D eigenvalue weighted by Crippen LogP contribution is -2.41. The van der Waals surface area contributed by atoms with Gasteiger partial charge in [0.2, 0.25) is 0 Å². The van der Waals surface area contributed by atoms with E-state index in [2.05, 4.69) is 15.6 Å². The van der Waals surface area contributed by atoms with Gasteiger partial charge < -0.3 is 10.6 Å². The highest BCUT2D eigenvalue weighted by Gasteiger charge is 2.39. The molecule has 0 fully saturated rings. The zero-order valence-electron chi connectivity index (χ0n) is 19.2. The van der Waals surface area contributed by atoms with Gasteiger partial charge in [0.1, 0.15) is 17.3 Å². The summed E-state index contributed by atoms with van der Waals surface area (Å²) in [5.74, 6) is -3.22. The molecule has 12 heteroatoms. The van der Waals surface area contributed by atoms with Crippen LogP contribution < -0.4 is 20.4 Å². The minimum absolute atomic E-state index is 0.00240. The Morgan fingerprint density at radius 2 is 1.67 bits per heavy atom. The first kappa shape index (κ1) is 25.3. The maximum absolute atomic E-state index is 15.4. The maximum Gasteiger partial charge on any atom is 0.416 e. The summed E-state index contributed by atoms with van der Waals surface area (Å²) in [6, 6.07) is 4.24. The average molecular weight is 509 g/mol. The molecule has 1 aromatic heterocycles. The molecule has 36 heavy (non-hydrogen) atoms. The molecule has 190 valence electrons. The van der Waals surface area contributed by atoms with Crippen LogP contribution in [0.15, 0.2) is 42.6 Å². The first-order valence-electron chi connectivity index (χ1n) is 10.9.